The molecule has 0 atom stereocenters. The average Bonchev–Trinajstić information content (AvgIpc) is 2.27. The van der Waals surface area contributed by atoms with E-state index in [1.807, 2.05) is 6.92 Å². The number of anilines is 3. The molecule has 2 aromatic rings. The molecule has 0 aliphatic heterocycles. The Balaban J connectivity index is 2.28. The van der Waals surface area contributed by atoms with E-state index < -0.39 is 0 Å². The zero-order valence-electron chi connectivity index (χ0n) is 9.17. The zero-order valence-corrected chi connectivity index (χ0v) is 10.8. The quantitative estimate of drug-likeness (QED) is 0.890. The molecule has 0 unspecified atom stereocenters. The Morgan fingerprint density at radius 3 is 2.76 bits per heavy atom. The van der Waals surface area contributed by atoms with Crippen molar-refractivity contribution in [1.82, 2.24) is 4.98 Å². The third-order valence-corrected chi connectivity index (χ3v) is 2.83. The lowest BCUT2D eigenvalue weighted by atomic mass is 10.2. The van der Waals surface area contributed by atoms with Crippen molar-refractivity contribution < 1.29 is 4.39 Å². The Bertz CT molecular complexity index is 557. The molecule has 0 radical (unpaired) electrons. The lowest BCUT2D eigenvalue weighted by molar-refractivity contribution is 0.631. The Morgan fingerprint density at radius 2 is 2.12 bits per heavy atom. The maximum Gasteiger partial charge on any atom is 0.147 e. The van der Waals surface area contributed by atoms with Gasteiger partial charge in [0.05, 0.1) is 5.69 Å². The summed E-state index contributed by atoms with van der Waals surface area (Å²) in [6, 6.07) is 6.46. The molecular weight excluding hydrogens is 285 g/mol. The molecule has 88 valence electrons. The van der Waals surface area contributed by atoms with Crippen molar-refractivity contribution in [2.45, 2.75) is 6.92 Å². The monoisotopic (exact) mass is 295 g/mol. The van der Waals surface area contributed by atoms with Gasteiger partial charge in [0.1, 0.15) is 11.6 Å². The second-order valence-electron chi connectivity index (χ2n) is 3.68. The van der Waals surface area contributed by atoms with Gasteiger partial charge < -0.3 is 11.1 Å². The molecule has 0 bridgehead atoms. The predicted molar refractivity (Wildman–Crippen MR) is 70.8 cm³/mol. The summed E-state index contributed by atoms with van der Waals surface area (Å²) < 4.78 is 14.3. The van der Waals surface area contributed by atoms with E-state index in [-0.39, 0.29) is 5.82 Å². The number of hydrogen-bond donors (Lipinski definition) is 2. The van der Waals surface area contributed by atoms with Crippen LogP contribution in [0.1, 0.15) is 5.56 Å². The minimum Gasteiger partial charge on any atom is -0.398 e. The van der Waals surface area contributed by atoms with Gasteiger partial charge in [0.25, 0.3) is 0 Å². The smallest absolute Gasteiger partial charge is 0.147 e. The molecule has 0 saturated carbocycles. The van der Waals surface area contributed by atoms with E-state index in [0.29, 0.717) is 21.7 Å². The fourth-order valence-electron chi connectivity index (χ4n) is 1.34. The molecule has 0 spiro atoms. The molecule has 1 heterocycles. The Labute approximate surface area is 107 Å². The minimum atomic E-state index is -0.347. The van der Waals surface area contributed by atoms with Crippen LogP contribution in [0.2, 0.25) is 0 Å². The lowest BCUT2D eigenvalue weighted by Gasteiger charge is -2.08. The predicted octanol–water partition coefficient (Wildman–Crippen LogP) is 3.62. The van der Waals surface area contributed by atoms with Crippen LogP contribution in [0.15, 0.2) is 34.9 Å². The molecule has 17 heavy (non-hydrogen) atoms. The summed E-state index contributed by atoms with van der Waals surface area (Å²) in [7, 11) is 0. The number of aromatic nitrogens is 1. The molecule has 0 aliphatic rings. The first-order valence-electron chi connectivity index (χ1n) is 5.00. The number of aryl methyl sites for hydroxylation is 1. The fourth-order valence-corrected chi connectivity index (χ4v) is 1.67. The molecule has 0 aliphatic carbocycles. The number of nitrogen functional groups attached to an aromatic ring is 1. The molecule has 2 rings (SSSR count). The third kappa shape index (κ3) is 2.74. The summed E-state index contributed by atoms with van der Waals surface area (Å²) in [4.78, 5) is 4.13. The summed E-state index contributed by atoms with van der Waals surface area (Å²) in [5, 5.41) is 2.88. The van der Waals surface area contributed by atoms with Crippen LogP contribution in [0.4, 0.5) is 21.6 Å². The highest BCUT2D eigenvalue weighted by molar-refractivity contribution is 9.10. The third-order valence-electron chi connectivity index (χ3n) is 2.34. The molecule has 0 fully saturated rings. The van der Waals surface area contributed by atoms with Gasteiger partial charge in [-0.25, -0.2) is 9.37 Å². The van der Waals surface area contributed by atoms with Gasteiger partial charge in [0.2, 0.25) is 0 Å². The Kier molecular flexibility index (Phi) is 3.28. The normalized spacial score (nSPS) is 10.3. The van der Waals surface area contributed by atoms with Crippen molar-refractivity contribution >= 4 is 33.1 Å². The summed E-state index contributed by atoms with van der Waals surface area (Å²) in [6.07, 6.45) is 1.65. The minimum absolute atomic E-state index is 0.347. The maximum absolute atomic E-state index is 13.6. The number of hydrogen-bond acceptors (Lipinski definition) is 3. The summed E-state index contributed by atoms with van der Waals surface area (Å²) in [5.74, 6) is 0.176. The highest BCUT2D eigenvalue weighted by atomic mass is 79.9. The number of benzene rings is 1. The number of nitrogens with two attached hydrogens (primary N) is 1. The van der Waals surface area contributed by atoms with Gasteiger partial charge in [-0.2, -0.15) is 0 Å². The molecule has 5 heteroatoms. The van der Waals surface area contributed by atoms with Crippen LogP contribution in [-0.2, 0) is 0 Å². The SMILES string of the molecule is Cc1cnc(Nc2ccc(Br)cc2F)cc1N. The number of halogens is 2. The van der Waals surface area contributed by atoms with Gasteiger partial charge in [0, 0.05) is 22.4 Å². The molecule has 0 saturated heterocycles. The van der Waals surface area contributed by atoms with Crippen LogP contribution in [0, 0.1) is 12.7 Å². The van der Waals surface area contributed by atoms with Gasteiger partial charge in [-0.3, -0.25) is 0 Å². The van der Waals surface area contributed by atoms with Crippen LogP contribution in [0.3, 0.4) is 0 Å². The van der Waals surface area contributed by atoms with Crippen LogP contribution < -0.4 is 11.1 Å². The largest absolute Gasteiger partial charge is 0.398 e. The van der Waals surface area contributed by atoms with Crippen LogP contribution in [0.25, 0.3) is 0 Å². The molecular formula is C12H11BrFN3. The summed E-state index contributed by atoms with van der Waals surface area (Å²) in [6.45, 7) is 1.87. The zero-order chi connectivity index (χ0) is 12.4. The van der Waals surface area contributed by atoms with Gasteiger partial charge in [0.15, 0.2) is 0 Å². The second kappa shape index (κ2) is 4.71. The summed E-state index contributed by atoms with van der Waals surface area (Å²) in [5.41, 5.74) is 7.64. The fraction of sp³-hybridized carbons (Fsp3) is 0.0833. The number of pyridine rings is 1. The van der Waals surface area contributed by atoms with E-state index in [9.17, 15) is 4.39 Å². The topological polar surface area (TPSA) is 50.9 Å². The second-order valence-corrected chi connectivity index (χ2v) is 4.59. The maximum atomic E-state index is 13.6. The first kappa shape index (κ1) is 11.9. The number of nitrogens with one attached hydrogen (secondary N) is 1. The van der Waals surface area contributed by atoms with Crippen LogP contribution in [0.5, 0.6) is 0 Å². The standard InChI is InChI=1S/C12H11BrFN3/c1-7-6-16-12(5-10(7)15)17-11-3-2-8(13)4-9(11)14/h2-6H,1H3,(H3,15,16,17). The average molecular weight is 296 g/mol. The Morgan fingerprint density at radius 1 is 1.35 bits per heavy atom. The van der Waals surface area contributed by atoms with Crippen molar-refractivity contribution in [3.8, 4) is 0 Å². The molecule has 1 aromatic heterocycles. The van der Waals surface area contributed by atoms with E-state index in [0.717, 1.165) is 5.56 Å². The van der Waals surface area contributed by atoms with Gasteiger partial charge in [-0.05, 0) is 30.7 Å². The van der Waals surface area contributed by atoms with Crippen LogP contribution in [-0.4, -0.2) is 4.98 Å². The number of rotatable bonds is 2. The highest BCUT2D eigenvalue weighted by Crippen LogP contribution is 2.23. The van der Waals surface area contributed by atoms with Crippen molar-refractivity contribution in [3.63, 3.8) is 0 Å². The first-order valence-corrected chi connectivity index (χ1v) is 5.80. The van der Waals surface area contributed by atoms with Crippen molar-refractivity contribution in [1.29, 1.82) is 0 Å². The highest BCUT2D eigenvalue weighted by Gasteiger charge is 2.04. The van der Waals surface area contributed by atoms with Crippen molar-refractivity contribution in [2.75, 3.05) is 11.1 Å². The molecule has 3 N–H and O–H groups in total. The number of nitrogens with zero attached hydrogens (tertiary/aromatic N) is 1. The van der Waals surface area contributed by atoms with Gasteiger partial charge >= 0.3 is 0 Å². The van der Waals surface area contributed by atoms with Gasteiger partial charge in [-0.1, -0.05) is 15.9 Å². The molecule has 1 aromatic carbocycles. The van der Waals surface area contributed by atoms with Crippen molar-refractivity contribution in [3.05, 3.63) is 46.3 Å². The van der Waals surface area contributed by atoms with Crippen molar-refractivity contribution in [2.24, 2.45) is 0 Å². The van der Waals surface area contributed by atoms with E-state index in [1.54, 1.807) is 24.4 Å². The molecule has 3 nitrogen and oxygen atoms in total. The summed E-state index contributed by atoms with van der Waals surface area (Å²) >= 11 is 3.20. The van der Waals surface area contributed by atoms with E-state index in [4.69, 9.17) is 5.73 Å². The lowest BCUT2D eigenvalue weighted by Crippen LogP contribution is -1.99. The van der Waals surface area contributed by atoms with Gasteiger partial charge in [-0.15, -0.1) is 0 Å². The van der Waals surface area contributed by atoms with Crippen LogP contribution >= 0.6 is 15.9 Å². The van der Waals surface area contributed by atoms with E-state index >= 15 is 0 Å². The van der Waals surface area contributed by atoms with E-state index in [1.165, 1.54) is 6.07 Å². The Hall–Kier alpha value is -1.62. The van der Waals surface area contributed by atoms with E-state index in [2.05, 4.69) is 26.2 Å². The molecule has 0 amide bonds. The first-order chi connectivity index (χ1) is 8.06.